The van der Waals surface area contributed by atoms with E-state index in [2.05, 4.69) is 27.8 Å². The van der Waals surface area contributed by atoms with E-state index in [0.717, 1.165) is 22.2 Å². The molecule has 2 aromatic rings. The van der Waals surface area contributed by atoms with Gasteiger partial charge in [0.1, 0.15) is 5.78 Å². The number of hydrogen-bond acceptors (Lipinski definition) is 2. The predicted molar refractivity (Wildman–Crippen MR) is 80.2 cm³/mol. The number of benzene rings is 1. The molecule has 0 atom stereocenters. The highest BCUT2D eigenvalue weighted by molar-refractivity contribution is 9.10. The first-order chi connectivity index (χ1) is 9.17. The molecular weight excluding hydrogens is 302 g/mol. The maximum absolute atomic E-state index is 12.0. The van der Waals surface area contributed by atoms with Crippen LogP contribution in [0.3, 0.4) is 0 Å². The molecule has 0 fully saturated rings. The van der Waals surface area contributed by atoms with Crippen LogP contribution in [0.25, 0.3) is 0 Å². The fourth-order valence-corrected chi connectivity index (χ4v) is 2.13. The molecule has 1 aromatic heterocycles. The minimum Gasteiger partial charge on any atom is -0.299 e. The van der Waals surface area contributed by atoms with Gasteiger partial charge >= 0.3 is 0 Å². The largest absolute Gasteiger partial charge is 0.299 e. The lowest BCUT2D eigenvalue weighted by Crippen LogP contribution is -2.07. The molecule has 0 amide bonds. The summed E-state index contributed by atoms with van der Waals surface area (Å²) in [6.45, 7) is 2.09. The van der Waals surface area contributed by atoms with Crippen LogP contribution < -0.4 is 0 Å². The van der Waals surface area contributed by atoms with Gasteiger partial charge in [-0.05, 0) is 35.7 Å². The van der Waals surface area contributed by atoms with Crippen molar-refractivity contribution in [3.63, 3.8) is 0 Å². The number of ketones is 1. The zero-order valence-corrected chi connectivity index (χ0v) is 12.5. The molecule has 0 N–H and O–H groups in total. The number of pyridine rings is 1. The normalized spacial score (nSPS) is 10.4. The van der Waals surface area contributed by atoms with Crippen LogP contribution in [0.4, 0.5) is 0 Å². The van der Waals surface area contributed by atoms with Crippen LogP contribution in [0.5, 0.6) is 0 Å². The first-order valence-electron chi connectivity index (χ1n) is 6.37. The number of nitrogens with zero attached hydrogens (tertiary/aromatic N) is 1. The summed E-state index contributed by atoms with van der Waals surface area (Å²) in [5.74, 6) is 0.194. The van der Waals surface area contributed by atoms with Gasteiger partial charge in [-0.15, -0.1) is 0 Å². The summed E-state index contributed by atoms with van der Waals surface area (Å²) in [4.78, 5) is 16.3. The van der Waals surface area contributed by atoms with E-state index in [1.54, 1.807) is 0 Å². The van der Waals surface area contributed by atoms with Crippen molar-refractivity contribution in [3.8, 4) is 0 Å². The van der Waals surface area contributed by atoms with E-state index >= 15 is 0 Å². The monoisotopic (exact) mass is 317 g/mol. The number of halogens is 1. The molecule has 0 aliphatic carbocycles. The quantitative estimate of drug-likeness (QED) is 0.840. The maximum Gasteiger partial charge on any atom is 0.143 e. The van der Waals surface area contributed by atoms with Crippen LogP contribution in [0.2, 0.25) is 0 Å². The second-order valence-corrected chi connectivity index (χ2v) is 5.45. The van der Waals surface area contributed by atoms with Gasteiger partial charge in [-0.3, -0.25) is 9.78 Å². The molecule has 0 bridgehead atoms. The number of carbonyl (C=O) groups is 1. The SMILES string of the molecule is CCc1ccc(CC(=O)Cc2ccc(Br)cc2)nc1. The van der Waals surface area contributed by atoms with Crippen molar-refractivity contribution in [1.29, 1.82) is 0 Å². The number of rotatable bonds is 5. The van der Waals surface area contributed by atoms with Gasteiger partial charge in [0.15, 0.2) is 0 Å². The van der Waals surface area contributed by atoms with E-state index < -0.39 is 0 Å². The van der Waals surface area contributed by atoms with E-state index in [9.17, 15) is 4.79 Å². The molecule has 19 heavy (non-hydrogen) atoms. The first-order valence-corrected chi connectivity index (χ1v) is 7.16. The fourth-order valence-electron chi connectivity index (χ4n) is 1.86. The molecule has 0 radical (unpaired) electrons. The van der Waals surface area contributed by atoms with Gasteiger partial charge in [-0.2, -0.15) is 0 Å². The standard InChI is InChI=1S/C16H16BrNO/c1-2-12-5-8-15(18-11-12)10-16(19)9-13-3-6-14(17)7-4-13/h3-8,11H,2,9-10H2,1H3. The first kappa shape index (κ1) is 13.9. The second-order valence-electron chi connectivity index (χ2n) is 4.53. The topological polar surface area (TPSA) is 30.0 Å². The smallest absolute Gasteiger partial charge is 0.143 e. The Labute approximate surface area is 122 Å². The lowest BCUT2D eigenvalue weighted by Gasteiger charge is -2.03. The summed E-state index contributed by atoms with van der Waals surface area (Å²) >= 11 is 3.38. The average Bonchev–Trinajstić information content (AvgIpc) is 2.42. The van der Waals surface area contributed by atoms with Crippen molar-refractivity contribution in [2.24, 2.45) is 0 Å². The van der Waals surface area contributed by atoms with Gasteiger partial charge in [0.05, 0.1) is 0 Å². The van der Waals surface area contributed by atoms with Gasteiger partial charge < -0.3 is 0 Å². The summed E-state index contributed by atoms with van der Waals surface area (Å²) in [6.07, 6.45) is 3.69. The summed E-state index contributed by atoms with van der Waals surface area (Å²) in [6, 6.07) is 11.8. The summed E-state index contributed by atoms with van der Waals surface area (Å²) in [5.41, 5.74) is 3.08. The molecule has 1 heterocycles. The molecule has 0 saturated heterocycles. The van der Waals surface area contributed by atoms with Crippen molar-refractivity contribution >= 4 is 21.7 Å². The van der Waals surface area contributed by atoms with Gasteiger partial charge in [-0.25, -0.2) is 0 Å². The molecular formula is C16H16BrNO. The Morgan fingerprint density at radius 3 is 2.32 bits per heavy atom. The maximum atomic E-state index is 12.0. The Balaban J connectivity index is 1.95. The molecule has 0 spiro atoms. The van der Waals surface area contributed by atoms with Crippen molar-refractivity contribution in [2.75, 3.05) is 0 Å². The number of hydrogen-bond donors (Lipinski definition) is 0. The van der Waals surface area contributed by atoms with Crippen molar-refractivity contribution < 1.29 is 4.79 Å². The Bertz CT molecular complexity index is 546. The van der Waals surface area contributed by atoms with E-state index in [0.29, 0.717) is 12.8 Å². The second kappa shape index (κ2) is 6.62. The van der Waals surface area contributed by atoms with Crippen LogP contribution in [-0.4, -0.2) is 10.8 Å². The number of Topliss-reactive ketones (excluding diaryl/α,β-unsaturated/α-hetero) is 1. The molecule has 2 nitrogen and oxygen atoms in total. The third-order valence-electron chi connectivity index (χ3n) is 2.99. The highest BCUT2D eigenvalue weighted by Gasteiger charge is 2.06. The van der Waals surface area contributed by atoms with Crippen LogP contribution in [0.15, 0.2) is 47.1 Å². The van der Waals surface area contributed by atoms with Gasteiger partial charge in [0, 0.05) is 29.2 Å². The number of carbonyl (C=O) groups excluding carboxylic acids is 1. The molecule has 1 aromatic carbocycles. The van der Waals surface area contributed by atoms with E-state index in [1.165, 1.54) is 5.56 Å². The Morgan fingerprint density at radius 1 is 1.05 bits per heavy atom. The highest BCUT2D eigenvalue weighted by atomic mass is 79.9. The number of aromatic nitrogens is 1. The highest BCUT2D eigenvalue weighted by Crippen LogP contribution is 2.12. The molecule has 0 aliphatic rings. The van der Waals surface area contributed by atoms with E-state index in [4.69, 9.17) is 0 Å². The Morgan fingerprint density at radius 2 is 1.74 bits per heavy atom. The summed E-state index contributed by atoms with van der Waals surface area (Å²) in [7, 11) is 0. The van der Waals surface area contributed by atoms with Gasteiger partial charge in [-0.1, -0.05) is 41.1 Å². The fraction of sp³-hybridized carbons (Fsp3) is 0.250. The van der Waals surface area contributed by atoms with Crippen LogP contribution >= 0.6 is 15.9 Å². The minimum absolute atomic E-state index is 0.194. The lowest BCUT2D eigenvalue weighted by atomic mass is 10.1. The molecule has 0 saturated carbocycles. The summed E-state index contributed by atoms with van der Waals surface area (Å²) in [5, 5.41) is 0. The Kier molecular flexibility index (Phi) is 4.86. The van der Waals surface area contributed by atoms with Crippen LogP contribution in [0, 0.1) is 0 Å². The van der Waals surface area contributed by atoms with E-state index in [-0.39, 0.29) is 5.78 Å². The molecule has 0 aliphatic heterocycles. The molecule has 98 valence electrons. The zero-order chi connectivity index (χ0) is 13.7. The van der Waals surface area contributed by atoms with Gasteiger partial charge in [0.2, 0.25) is 0 Å². The van der Waals surface area contributed by atoms with E-state index in [1.807, 2.05) is 42.6 Å². The van der Waals surface area contributed by atoms with Crippen LogP contribution in [0.1, 0.15) is 23.7 Å². The summed E-state index contributed by atoms with van der Waals surface area (Å²) < 4.78 is 1.03. The van der Waals surface area contributed by atoms with Crippen molar-refractivity contribution in [2.45, 2.75) is 26.2 Å². The Hall–Kier alpha value is -1.48. The zero-order valence-electron chi connectivity index (χ0n) is 10.9. The van der Waals surface area contributed by atoms with Crippen molar-refractivity contribution in [1.82, 2.24) is 4.98 Å². The minimum atomic E-state index is 0.194. The number of aryl methyl sites for hydroxylation is 1. The third kappa shape index (κ3) is 4.28. The molecule has 0 unspecified atom stereocenters. The van der Waals surface area contributed by atoms with Gasteiger partial charge in [0.25, 0.3) is 0 Å². The molecule has 2 rings (SSSR count). The average molecular weight is 318 g/mol. The third-order valence-corrected chi connectivity index (χ3v) is 3.52. The van der Waals surface area contributed by atoms with Crippen LogP contribution in [-0.2, 0) is 24.1 Å². The van der Waals surface area contributed by atoms with Crippen molar-refractivity contribution in [3.05, 3.63) is 63.9 Å². The lowest BCUT2D eigenvalue weighted by molar-refractivity contribution is -0.117. The molecule has 3 heteroatoms. The predicted octanol–water partition coefficient (Wildman–Crippen LogP) is 3.76.